The Hall–Kier alpha value is -3.36. The van der Waals surface area contributed by atoms with Crippen LogP contribution in [-0.4, -0.2) is 70.5 Å². The quantitative estimate of drug-likeness (QED) is 0.597. The van der Waals surface area contributed by atoms with Gasteiger partial charge in [0.15, 0.2) is 17.5 Å². The van der Waals surface area contributed by atoms with Crippen molar-refractivity contribution in [1.82, 2.24) is 19.8 Å². The maximum absolute atomic E-state index is 12.8. The van der Waals surface area contributed by atoms with Crippen molar-refractivity contribution >= 4 is 17.8 Å². The Labute approximate surface area is 169 Å². The molecular weight excluding hydrogens is 372 g/mol. The molecule has 1 atom stereocenters. The summed E-state index contributed by atoms with van der Waals surface area (Å²) >= 11 is 0. The van der Waals surface area contributed by atoms with Gasteiger partial charge in [-0.15, -0.1) is 0 Å². The Balaban J connectivity index is 1.35. The van der Waals surface area contributed by atoms with E-state index in [-0.39, 0.29) is 12.5 Å². The highest BCUT2D eigenvalue weighted by atomic mass is 16.6. The number of hydrogen-bond donors (Lipinski definition) is 1. The number of ether oxygens (including phenoxy) is 2. The molecule has 0 unspecified atom stereocenters. The van der Waals surface area contributed by atoms with Crippen molar-refractivity contribution in [2.24, 2.45) is 10.7 Å². The zero-order valence-corrected chi connectivity index (χ0v) is 16.5. The number of aromatic nitrogens is 2. The van der Waals surface area contributed by atoms with Crippen LogP contribution in [0.4, 0.5) is 5.95 Å². The number of carbonyl (C=O) groups excluding carboxylic acids is 1. The number of rotatable bonds is 2. The summed E-state index contributed by atoms with van der Waals surface area (Å²) in [5.74, 6) is 1.89. The minimum atomic E-state index is -0.633. The molecule has 2 aliphatic heterocycles. The third-order valence-electron chi connectivity index (χ3n) is 4.88. The molecular formula is C20H24N6O3. The van der Waals surface area contributed by atoms with Gasteiger partial charge in [-0.05, 0) is 32.0 Å². The number of nitrogens with two attached hydrogens (primary N) is 1. The van der Waals surface area contributed by atoms with E-state index in [4.69, 9.17) is 15.2 Å². The first kappa shape index (κ1) is 19.0. The number of nitrogens with zero attached hydrogens (tertiary/aromatic N) is 5. The lowest BCUT2D eigenvalue weighted by Crippen LogP contribution is -2.56. The van der Waals surface area contributed by atoms with Crippen molar-refractivity contribution in [2.45, 2.75) is 20.0 Å². The number of aryl methyl sites for hydroxylation is 2. The molecule has 2 aliphatic rings. The van der Waals surface area contributed by atoms with Crippen LogP contribution in [0, 0.1) is 13.8 Å². The summed E-state index contributed by atoms with van der Waals surface area (Å²) in [6.45, 7) is 6.22. The average molecular weight is 396 g/mol. The van der Waals surface area contributed by atoms with Crippen LogP contribution in [0.1, 0.15) is 11.4 Å². The van der Waals surface area contributed by atoms with Crippen molar-refractivity contribution in [2.75, 3.05) is 32.8 Å². The van der Waals surface area contributed by atoms with E-state index in [1.807, 2.05) is 43.0 Å². The maximum atomic E-state index is 12.8. The van der Waals surface area contributed by atoms with E-state index in [0.717, 1.165) is 11.4 Å². The lowest BCUT2D eigenvalue weighted by molar-refractivity contribution is -0.142. The lowest BCUT2D eigenvalue weighted by atomic mass is 10.2. The van der Waals surface area contributed by atoms with Gasteiger partial charge in [0.1, 0.15) is 6.61 Å². The number of piperazine rings is 1. The maximum Gasteiger partial charge on any atom is 0.267 e. The number of para-hydroxylation sites is 2. The second kappa shape index (κ2) is 7.94. The van der Waals surface area contributed by atoms with Gasteiger partial charge >= 0.3 is 0 Å². The lowest BCUT2D eigenvalue weighted by Gasteiger charge is -2.37. The van der Waals surface area contributed by atoms with Crippen LogP contribution in [0.3, 0.4) is 0 Å². The number of fused-ring (bicyclic) bond motifs is 1. The summed E-state index contributed by atoms with van der Waals surface area (Å²) in [5.41, 5.74) is 7.83. The normalized spacial score (nSPS) is 19.2. The number of aliphatic imine (C=N–C) groups is 1. The van der Waals surface area contributed by atoms with Crippen molar-refractivity contribution in [1.29, 1.82) is 0 Å². The highest BCUT2D eigenvalue weighted by molar-refractivity contribution is 5.83. The molecule has 152 valence electrons. The standard InChI is InChI=1S/C20H24N6O3/c1-13-11-14(2)23-20(22-13)24-19(21)26-9-7-25(8-10-26)18(27)17-12-28-15-5-3-4-6-16(15)29-17/h3-6,11,17H,7-10,12H2,1-2H3,(H2,21,22,23,24)/t17-/m0/s1. The molecule has 1 aromatic carbocycles. The fraction of sp³-hybridized carbons (Fsp3) is 0.400. The monoisotopic (exact) mass is 396 g/mol. The van der Waals surface area contributed by atoms with Crippen molar-refractivity contribution < 1.29 is 14.3 Å². The molecule has 0 saturated carbocycles. The summed E-state index contributed by atoms with van der Waals surface area (Å²) in [5, 5.41) is 0. The minimum absolute atomic E-state index is 0.0766. The van der Waals surface area contributed by atoms with Gasteiger partial charge in [0.25, 0.3) is 11.9 Å². The summed E-state index contributed by atoms with van der Waals surface area (Å²) in [4.78, 5) is 29.5. The fourth-order valence-electron chi connectivity index (χ4n) is 3.43. The Kier molecular flexibility index (Phi) is 5.20. The largest absolute Gasteiger partial charge is 0.485 e. The highest BCUT2D eigenvalue weighted by Gasteiger charge is 2.33. The van der Waals surface area contributed by atoms with Crippen LogP contribution in [-0.2, 0) is 4.79 Å². The van der Waals surface area contributed by atoms with Crippen molar-refractivity contribution in [3.63, 3.8) is 0 Å². The zero-order chi connectivity index (χ0) is 20.4. The third-order valence-corrected chi connectivity index (χ3v) is 4.88. The topological polar surface area (TPSA) is 106 Å². The Bertz CT molecular complexity index is 919. The van der Waals surface area contributed by atoms with Gasteiger partial charge in [-0.3, -0.25) is 4.79 Å². The van der Waals surface area contributed by atoms with Crippen molar-refractivity contribution in [3.8, 4) is 11.5 Å². The fourth-order valence-corrected chi connectivity index (χ4v) is 3.43. The van der Waals surface area contributed by atoms with E-state index in [1.165, 1.54) is 0 Å². The second-order valence-electron chi connectivity index (χ2n) is 7.10. The molecule has 0 radical (unpaired) electrons. The van der Waals surface area contributed by atoms with Gasteiger partial charge in [0.2, 0.25) is 6.10 Å². The van der Waals surface area contributed by atoms with E-state index in [2.05, 4.69) is 15.0 Å². The molecule has 3 heterocycles. The van der Waals surface area contributed by atoms with Gasteiger partial charge < -0.3 is 25.0 Å². The van der Waals surface area contributed by atoms with E-state index in [9.17, 15) is 4.79 Å². The first-order valence-electron chi connectivity index (χ1n) is 9.58. The Morgan fingerprint density at radius 1 is 1.07 bits per heavy atom. The summed E-state index contributed by atoms with van der Waals surface area (Å²) < 4.78 is 11.5. The first-order valence-corrected chi connectivity index (χ1v) is 9.58. The van der Waals surface area contributed by atoms with Crippen LogP contribution in [0.5, 0.6) is 11.5 Å². The number of benzene rings is 1. The molecule has 9 nitrogen and oxygen atoms in total. The van der Waals surface area contributed by atoms with E-state index in [1.54, 1.807) is 11.0 Å². The molecule has 29 heavy (non-hydrogen) atoms. The Morgan fingerprint density at radius 2 is 1.69 bits per heavy atom. The summed E-state index contributed by atoms with van der Waals surface area (Å²) in [6.07, 6.45) is -0.633. The zero-order valence-electron chi connectivity index (χ0n) is 16.5. The molecule has 2 N–H and O–H groups in total. The van der Waals surface area contributed by atoms with Gasteiger partial charge in [0, 0.05) is 37.6 Å². The third kappa shape index (κ3) is 4.23. The molecule has 1 saturated heterocycles. The van der Waals surface area contributed by atoms with E-state index in [0.29, 0.717) is 49.6 Å². The first-order chi connectivity index (χ1) is 14.0. The summed E-state index contributed by atoms with van der Waals surface area (Å²) in [6, 6.07) is 9.25. The van der Waals surface area contributed by atoms with Crippen LogP contribution >= 0.6 is 0 Å². The minimum Gasteiger partial charge on any atom is -0.485 e. The van der Waals surface area contributed by atoms with Crippen LogP contribution in [0.25, 0.3) is 0 Å². The molecule has 0 bridgehead atoms. The number of carbonyl (C=O) groups is 1. The number of amides is 1. The van der Waals surface area contributed by atoms with Gasteiger partial charge in [0.05, 0.1) is 0 Å². The average Bonchev–Trinajstić information content (AvgIpc) is 2.72. The van der Waals surface area contributed by atoms with E-state index < -0.39 is 6.10 Å². The van der Waals surface area contributed by atoms with Gasteiger partial charge in [-0.2, -0.15) is 4.99 Å². The SMILES string of the molecule is Cc1cc(C)nc(N=C(N)N2CCN(C(=O)[C@@H]3COc4ccccc4O3)CC2)n1. The van der Waals surface area contributed by atoms with Crippen LogP contribution < -0.4 is 15.2 Å². The predicted octanol–water partition coefficient (Wildman–Crippen LogP) is 1.02. The molecule has 0 spiro atoms. The summed E-state index contributed by atoms with van der Waals surface area (Å²) in [7, 11) is 0. The van der Waals surface area contributed by atoms with Gasteiger partial charge in [-0.1, -0.05) is 12.1 Å². The molecule has 1 aromatic heterocycles. The molecule has 1 fully saturated rings. The molecule has 4 rings (SSSR count). The highest BCUT2D eigenvalue weighted by Crippen LogP contribution is 2.31. The van der Waals surface area contributed by atoms with Crippen LogP contribution in [0.2, 0.25) is 0 Å². The molecule has 1 amide bonds. The Morgan fingerprint density at radius 3 is 2.38 bits per heavy atom. The number of guanidine groups is 1. The second-order valence-corrected chi connectivity index (χ2v) is 7.10. The van der Waals surface area contributed by atoms with E-state index >= 15 is 0 Å². The predicted molar refractivity (Wildman–Crippen MR) is 107 cm³/mol. The number of hydrogen-bond acceptors (Lipinski definition) is 6. The van der Waals surface area contributed by atoms with Crippen LogP contribution in [0.15, 0.2) is 35.3 Å². The van der Waals surface area contributed by atoms with Crippen molar-refractivity contribution in [3.05, 3.63) is 41.7 Å². The smallest absolute Gasteiger partial charge is 0.267 e. The molecule has 2 aromatic rings. The molecule has 9 heteroatoms. The van der Waals surface area contributed by atoms with Gasteiger partial charge in [-0.25, -0.2) is 9.97 Å². The molecule has 0 aliphatic carbocycles.